The normalized spacial score (nSPS) is 18.9. The second-order valence-electron chi connectivity index (χ2n) is 4.64. The molecule has 0 radical (unpaired) electrons. The molecule has 0 aliphatic carbocycles. The SMILES string of the molecule is O=C(O)C=Cc1ccc(NC(=O)C2CCCCO2)cc1. The molecular formula is C15H17NO4. The molecule has 1 amide bonds. The second-order valence-corrected chi connectivity index (χ2v) is 4.64. The van der Waals surface area contributed by atoms with Gasteiger partial charge in [0.2, 0.25) is 0 Å². The molecule has 20 heavy (non-hydrogen) atoms. The predicted octanol–water partition coefficient (Wildman–Crippen LogP) is 2.29. The lowest BCUT2D eigenvalue weighted by Gasteiger charge is -2.21. The van der Waals surface area contributed by atoms with Gasteiger partial charge in [-0.25, -0.2) is 4.79 Å². The molecule has 5 nitrogen and oxygen atoms in total. The van der Waals surface area contributed by atoms with Crippen molar-refractivity contribution in [3.8, 4) is 0 Å². The Kier molecular flexibility index (Phi) is 4.90. The third-order valence-electron chi connectivity index (χ3n) is 3.07. The fourth-order valence-corrected chi connectivity index (χ4v) is 2.02. The van der Waals surface area contributed by atoms with Crippen LogP contribution in [0.25, 0.3) is 6.08 Å². The van der Waals surface area contributed by atoms with Gasteiger partial charge in [-0.1, -0.05) is 12.1 Å². The Morgan fingerprint density at radius 3 is 2.60 bits per heavy atom. The molecule has 2 N–H and O–H groups in total. The van der Waals surface area contributed by atoms with E-state index >= 15 is 0 Å². The van der Waals surface area contributed by atoms with Crippen molar-refractivity contribution in [2.75, 3.05) is 11.9 Å². The first-order valence-electron chi connectivity index (χ1n) is 6.59. The second kappa shape index (κ2) is 6.86. The van der Waals surface area contributed by atoms with Gasteiger partial charge in [-0.15, -0.1) is 0 Å². The van der Waals surface area contributed by atoms with Crippen molar-refractivity contribution < 1.29 is 19.4 Å². The van der Waals surface area contributed by atoms with Gasteiger partial charge in [-0.05, 0) is 43.0 Å². The Balaban J connectivity index is 1.92. The first-order valence-corrected chi connectivity index (χ1v) is 6.59. The van der Waals surface area contributed by atoms with E-state index in [0.29, 0.717) is 12.3 Å². The highest BCUT2D eigenvalue weighted by molar-refractivity contribution is 5.94. The zero-order valence-corrected chi connectivity index (χ0v) is 11.0. The highest BCUT2D eigenvalue weighted by atomic mass is 16.5. The summed E-state index contributed by atoms with van der Waals surface area (Å²) in [5.74, 6) is -1.12. The lowest BCUT2D eigenvalue weighted by Crippen LogP contribution is -2.33. The summed E-state index contributed by atoms with van der Waals surface area (Å²) in [6.07, 6.45) is 4.98. The molecular weight excluding hydrogens is 258 g/mol. The first kappa shape index (κ1) is 14.3. The summed E-state index contributed by atoms with van der Waals surface area (Å²) in [6, 6.07) is 6.97. The van der Waals surface area contributed by atoms with Crippen molar-refractivity contribution in [3.05, 3.63) is 35.9 Å². The number of amides is 1. The van der Waals surface area contributed by atoms with Gasteiger partial charge >= 0.3 is 5.97 Å². The van der Waals surface area contributed by atoms with Crippen LogP contribution in [0.1, 0.15) is 24.8 Å². The largest absolute Gasteiger partial charge is 0.478 e. The minimum atomic E-state index is -0.989. The zero-order chi connectivity index (χ0) is 14.4. The van der Waals surface area contributed by atoms with Crippen molar-refractivity contribution in [2.45, 2.75) is 25.4 Å². The minimum absolute atomic E-state index is 0.126. The molecule has 1 aromatic carbocycles. The highest BCUT2D eigenvalue weighted by Crippen LogP contribution is 2.16. The molecule has 0 spiro atoms. The molecule has 1 unspecified atom stereocenters. The molecule has 106 valence electrons. The van der Waals surface area contributed by atoms with E-state index in [2.05, 4.69) is 5.32 Å². The Bertz CT molecular complexity index is 501. The van der Waals surface area contributed by atoms with Crippen LogP contribution in [0.3, 0.4) is 0 Å². The van der Waals surface area contributed by atoms with Gasteiger partial charge in [0, 0.05) is 18.4 Å². The maximum Gasteiger partial charge on any atom is 0.328 e. The van der Waals surface area contributed by atoms with Crippen LogP contribution in [-0.4, -0.2) is 29.7 Å². The van der Waals surface area contributed by atoms with Crippen LogP contribution >= 0.6 is 0 Å². The Hall–Kier alpha value is -2.14. The van der Waals surface area contributed by atoms with Gasteiger partial charge < -0.3 is 15.2 Å². The average Bonchev–Trinajstić information content (AvgIpc) is 2.47. The van der Waals surface area contributed by atoms with E-state index in [1.807, 2.05) is 0 Å². The van der Waals surface area contributed by atoms with E-state index in [9.17, 15) is 9.59 Å². The number of carboxylic acids is 1. The summed E-state index contributed by atoms with van der Waals surface area (Å²) < 4.78 is 5.41. The van der Waals surface area contributed by atoms with Crippen molar-refractivity contribution in [1.82, 2.24) is 0 Å². The molecule has 1 aromatic rings. The van der Waals surface area contributed by atoms with Gasteiger partial charge in [0.25, 0.3) is 5.91 Å². The van der Waals surface area contributed by atoms with Crippen LogP contribution in [-0.2, 0) is 14.3 Å². The lowest BCUT2D eigenvalue weighted by molar-refractivity contribution is -0.131. The van der Waals surface area contributed by atoms with Crippen molar-refractivity contribution in [2.24, 2.45) is 0 Å². The average molecular weight is 275 g/mol. The van der Waals surface area contributed by atoms with Gasteiger partial charge in [0.05, 0.1) is 0 Å². The van der Waals surface area contributed by atoms with E-state index in [4.69, 9.17) is 9.84 Å². The van der Waals surface area contributed by atoms with E-state index in [1.165, 1.54) is 6.08 Å². The Morgan fingerprint density at radius 1 is 1.25 bits per heavy atom. The fraction of sp³-hybridized carbons (Fsp3) is 0.333. The van der Waals surface area contributed by atoms with E-state index < -0.39 is 5.97 Å². The number of hydrogen-bond donors (Lipinski definition) is 2. The number of nitrogens with one attached hydrogen (secondary N) is 1. The summed E-state index contributed by atoms with van der Waals surface area (Å²) in [4.78, 5) is 22.3. The molecule has 0 saturated carbocycles. The van der Waals surface area contributed by atoms with Gasteiger partial charge in [-0.2, -0.15) is 0 Å². The summed E-state index contributed by atoms with van der Waals surface area (Å²) in [5.41, 5.74) is 1.44. The van der Waals surface area contributed by atoms with Gasteiger partial charge in [0.1, 0.15) is 6.10 Å². The Morgan fingerprint density at radius 2 is 2.00 bits per heavy atom. The molecule has 0 aromatic heterocycles. The molecule has 1 heterocycles. The number of anilines is 1. The molecule has 2 rings (SSSR count). The number of carboxylic acid groups (broad SMARTS) is 1. The van der Waals surface area contributed by atoms with Crippen LogP contribution in [0, 0.1) is 0 Å². The molecule has 0 bridgehead atoms. The van der Waals surface area contributed by atoms with Crippen LogP contribution < -0.4 is 5.32 Å². The molecule has 1 atom stereocenters. The van der Waals surface area contributed by atoms with Crippen LogP contribution in [0.4, 0.5) is 5.69 Å². The number of carbonyl (C=O) groups is 2. The smallest absolute Gasteiger partial charge is 0.328 e. The number of aliphatic carboxylic acids is 1. The summed E-state index contributed by atoms with van der Waals surface area (Å²) in [6.45, 7) is 0.636. The zero-order valence-electron chi connectivity index (χ0n) is 11.0. The molecule has 1 saturated heterocycles. The van der Waals surface area contributed by atoms with E-state index in [1.54, 1.807) is 24.3 Å². The summed E-state index contributed by atoms with van der Waals surface area (Å²) in [7, 11) is 0. The van der Waals surface area contributed by atoms with E-state index in [0.717, 1.165) is 30.9 Å². The number of hydrogen-bond acceptors (Lipinski definition) is 3. The van der Waals surface area contributed by atoms with Crippen molar-refractivity contribution in [3.63, 3.8) is 0 Å². The lowest BCUT2D eigenvalue weighted by atomic mass is 10.1. The van der Waals surface area contributed by atoms with Gasteiger partial charge in [0.15, 0.2) is 0 Å². The van der Waals surface area contributed by atoms with Crippen molar-refractivity contribution in [1.29, 1.82) is 0 Å². The number of ether oxygens (including phenoxy) is 1. The maximum absolute atomic E-state index is 11.9. The van der Waals surface area contributed by atoms with Crippen LogP contribution in [0.5, 0.6) is 0 Å². The third kappa shape index (κ3) is 4.20. The molecule has 1 aliphatic rings. The quantitative estimate of drug-likeness (QED) is 0.827. The van der Waals surface area contributed by atoms with Crippen molar-refractivity contribution >= 4 is 23.6 Å². The Labute approximate surface area is 117 Å². The fourth-order valence-electron chi connectivity index (χ4n) is 2.02. The highest BCUT2D eigenvalue weighted by Gasteiger charge is 2.21. The number of carbonyl (C=O) groups excluding carboxylic acids is 1. The summed E-state index contributed by atoms with van der Waals surface area (Å²) >= 11 is 0. The topological polar surface area (TPSA) is 75.6 Å². The van der Waals surface area contributed by atoms with Crippen LogP contribution in [0.15, 0.2) is 30.3 Å². The summed E-state index contributed by atoms with van der Waals surface area (Å²) in [5, 5.41) is 11.3. The predicted molar refractivity (Wildman–Crippen MR) is 75.3 cm³/mol. The first-order chi connectivity index (χ1) is 9.65. The number of rotatable bonds is 4. The van der Waals surface area contributed by atoms with Gasteiger partial charge in [-0.3, -0.25) is 4.79 Å². The minimum Gasteiger partial charge on any atom is -0.478 e. The van der Waals surface area contributed by atoms with Crippen LogP contribution in [0.2, 0.25) is 0 Å². The van der Waals surface area contributed by atoms with E-state index in [-0.39, 0.29) is 12.0 Å². The molecule has 1 aliphatic heterocycles. The molecule has 1 fully saturated rings. The number of benzene rings is 1. The maximum atomic E-state index is 11.9. The molecule has 5 heteroatoms. The third-order valence-corrected chi connectivity index (χ3v) is 3.07. The monoisotopic (exact) mass is 275 g/mol. The standard InChI is InChI=1S/C15H17NO4/c17-14(18)9-6-11-4-7-12(8-5-11)16-15(19)13-3-1-2-10-20-13/h4-9,13H,1-3,10H2,(H,16,19)(H,17,18).